The molecule has 1 aliphatic rings. The van der Waals surface area contributed by atoms with Gasteiger partial charge in [0.25, 0.3) is 0 Å². The molecule has 0 aliphatic carbocycles. The first-order chi connectivity index (χ1) is 2.89. The zero-order chi connectivity index (χ0) is 4.41. The first-order valence-electron chi connectivity index (χ1n) is 2.11. The van der Waals surface area contributed by atoms with Crippen LogP contribution in [0.15, 0.2) is 0 Å². The second-order valence-electron chi connectivity index (χ2n) is 1.37. The number of hydrogen-bond acceptors (Lipinski definition) is 1. The molecule has 0 amide bonds. The van der Waals surface area contributed by atoms with E-state index in [0.717, 1.165) is 3.47 Å². The molecule has 1 atom stereocenters. The van der Waals surface area contributed by atoms with Crippen LogP contribution in [0.4, 0.5) is 0 Å². The Bertz CT molecular complexity index is 40.8. The molecule has 1 saturated heterocycles. The Morgan fingerprint density at radius 1 is 1.67 bits per heavy atom. The Labute approximate surface area is 55.0 Å². The van der Waals surface area contributed by atoms with Crippen LogP contribution in [0, 0.1) is 0 Å². The Hall–Kier alpha value is 1.09. The summed E-state index contributed by atoms with van der Waals surface area (Å²) in [5, 5.41) is 0. The van der Waals surface area contributed by atoms with Crippen LogP contribution in [0.3, 0.4) is 0 Å². The third-order valence-corrected chi connectivity index (χ3v) is 3.64. The van der Waals surface area contributed by atoms with Gasteiger partial charge in [0.15, 0.2) is 0 Å². The van der Waals surface area contributed by atoms with Crippen LogP contribution in [0.25, 0.3) is 0 Å². The normalized spacial score (nSPS) is 34.7. The van der Waals surface area contributed by atoms with Crippen LogP contribution in [0.1, 0.15) is 12.8 Å². The summed E-state index contributed by atoms with van der Waals surface area (Å²) in [4.78, 5) is 0. The molecular weight excluding hydrogens is 277 g/mol. The minimum absolute atomic E-state index is 0.907. The Kier molecular flexibility index (Phi) is 2.10. The summed E-state index contributed by atoms with van der Waals surface area (Å²) in [6, 6.07) is 0. The van der Waals surface area contributed by atoms with Crippen molar-refractivity contribution >= 4 is 11.8 Å². The monoisotopic (exact) mass is 284 g/mol. The maximum atomic E-state index is 2.66. The van der Waals surface area contributed by atoms with Crippen molar-refractivity contribution in [3.05, 3.63) is 0 Å². The van der Waals surface area contributed by atoms with Gasteiger partial charge in [0, 0.05) is 0 Å². The van der Waals surface area contributed by atoms with Gasteiger partial charge in [-0.25, -0.2) is 0 Å². The van der Waals surface area contributed by atoms with Crippen molar-refractivity contribution in [2.24, 2.45) is 0 Å². The SMILES string of the molecule is [Au][CH]1CCCS1. The summed E-state index contributed by atoms with van der Waals surface area (Å²) in [6.07, 6.45) is 2.86. The van der Waals surface area contributed by atoms with Crippen molar-refractivity contribution in [3.63, 3.8) is 0 Å². The topological polar surface area (TPSA) is 0 Å². The van der Waals surface area contributed by atoms with Gasteiger partial charge in [-0.2, -0.15) is 0 Å². The molecule has 1 aliphatic heterocycles. The maximum absolute atomic E-state index is 2.66. The number of hydrogen-bond donors (Lipinski definition) is 0. The van der Waals surface area contributed by atoms with Crippen molar-refractivity contribution in [1.29, 1.82) is 0 Å². The third-order valence-electron chi connectivity index (χ3n) is 0.839. The van der Waals surface area contributed by atoms with Gasteiger partial charge < -0.3 is 0 Å². The molecule has 0 spiro atoms. The van der Waals surface area contributed by atoms with E-state index in [1.165, 1.54) is 18.6 Å². The van der Waals surface area contributed by atoms with Crippen molar-refractivity contribution in [2.45, 2.75) is 16.3 Å². The first kappa shape index (κ1) is 5.23. The summed E-state index contributed by atoms with van der Waals surface area (Å²) in [5.41, 5.74) is 0. The van der Waals surface area contributed by atoms with E-state index in [1.54, 1.807) is 0 Å². The summed E-state index contributed by atoms with van der Waals surface area (Å²) in [6.45, 7) is 0. The average molecular weight is 284 g/mol. The molecule has 1 unspecified atom stereocenters. The minimum atomic E-state index is 0.907. The van der Waals surface area contributed by atoms with Crippen LogP contribution in [-0.4, -0.2) is 9.22 Å². The fourth-order valence-corrected chi connectivity index (χ4v) is 2.63. The van der Waals surface area contributed by atoms with Crippen molar-refractivity contribution < 1.29 is 21.1 Å². The van der Waals surface area contributed by atoms with Crippen LogP contribution in [0.2, 0.25) is 0 Å². The zero-order valence-corrected chi connectivity index (χ0v) is 6.39. The van der Waals surface area contributed by atoms with Gasteiger partial charge in [-0.05, 0) is 0 Å². The Balaban J connectivity index is 2.18. The summed E-state index contributed by atoms with van der Waals surface area (Å²) in [7, 11) is 0. The molecule has 0 bridgehead atoms. The standard InChI is InChI=1S/C4H7S.Au/c1-2-4-5-3-1;/h3H,1-2,4H2;. The molecule has 0 aromatic rings. The van der Waals surface area contributed by atoms with Crippen molar-refractivity contribution in [2.75, 3.05) is 5.75 Å². The first-order valence-corrected chi connectivity index (χ1v) is 4.41. The fraction of sp³-hybridized carbons (Fsp3) is 1.00. The predicted molar refractivity (Wildman–Crippen MR) is 25.5 cm³/mol. The molecule has 0 N–H and O–H groups in total. The second kappa shape index (κ2) is 2.41. The number of thioether (sulfide) groups is 1. The molecule has 0 aromatic heterocycles. The van der Waals surface area contributed by atoms with Crippen LogP contribution >= 0.6 is 11.8 Å². The molecule has 1 heterocycles. The quantitative estimate of drug-likeness (QED) is 0.606. The van der Waals surface area contributed by atoms with E-state index < -0.39 is 0 Å². The fourth-order valence-electron chi connectivity index (χ4n) is 0.514. The zero-order valence-electron chi connectivity index (χ0n) is 3.41. The average Bonchev–Trinajstić information content (AvgIpc) is 1.86. The molecule has 0 radical (unpaired) electrons. The summed E-state index contributed by atoms with van der Waals surface area (Å²) >= 11 is 4.73. The molecule has 1 rings (SSSR count). The van der Waals surface area contributed by atoms with Gasteiger partial charge >= 0.3 is 54.9 Å². The van der Waals surface area contributed by atoms with E-state index in [9.17, 15) is 0 Å². The molecule has 2 heteroatoms. The van der Waals surface area contributed by atoms with Gasteiger partial charge in [-0.15, -0.1) is 0 Å². The molecule has 0 saturated carbocycles. The van der Waals surface area contributed by atoms with Gasteiger partial charge in [0.05, 0.1) is 0 Å². The summed E-state index contributed by atoms with van der Waals surface area (Å²) < 4.78 is 0.907. The van der Waals surface area contributed by atoms with E-state index in [0.29, 0.717) is 0 Å². The Morgan fingerprint density at radius 3 is 2.67 bits per heavy atom. The predicted octanol–water partition coefficient (Wildman–Crippen LogP) is 1.39. The van der Waals surface area contributed by atoms with Gasteiger partial charge in [-0.1, -0.05) is 0 Å². The van der Waals surface area contributed by atoms with Gasteiger partial charge in [0.2, 0.25) is 0 Å². The molecule has 1 fully saturated rings. The third kappa shape index (κ3) is 1.30. The molecule has 6 heavy (non-hydrogen) atoms. The van der Waals surface area contributed by atoms with E-state index in [2.05, 4.69) is 32.8 Å². The van der Waals surface area contributed by atoms with Crippen molar-refractivity contribution in [1.82, 2.24) is 0 Å². The Morgan fingerprint density at radius 2 is 2.50 bits per heavy atom. The number of rotatable bonds is 0. The van der Waals surface area contributed by atoms with Crippen molar-refractivity contribution in [3.8, 4) is 0 Å². The molecule has 40 valence electrons. The molecule has 0 nitrogen and oxygen atoms in total. The molecular formula is C4H7AuS. The van der Waals surface area contributed by atoms with Gasteiger partial charge in [-0.3, -0.25) is 0 Å². The van der Waals surface area contributed by atoms with E-state index in [-0.39, 0.29) is 0 Å². The molecule has 0 aromatic carbocycles. The van der Waals surface area contributed by atoms with Crippen LogP contribution in [-0.2, 0) is 21.1 Å². The van der Waals surface area contributed by atoms with Crippen LogP contribution in [0.5, 0.6) is 0 Å². The second-order valence-corrected chi connectivity index (χ2v) is 5.01. The summed E-state index contributed by atoms with van der Waals surface area (Å²) in [5.74, 6) is 1.39. The van der Waals surface area contributed by atoms with Crippen LogP contribution < -0.4 is 0 Å². The van der Waals surface area contributed by atoms with E-state index >= 15 is 0 Å². The van der Waals surface area contributed by atoms with E-state index in [4.69, 9.17) is 0 Å². The van der Waals surface area contributed by atoms with E-state index in [1.807, 2.05) is 0 Å². The van der Waals surface area contributed by atoms with Gasteiger partial charge in [0.1, 0.15) is 0 Å².